The summed E-state index contributed by atoms with van der Waals surface area (Å²) in [5.41, 5.74) is 1.53. The molecule has 1 amide bonds. The predicted molar refractivity (Wildman–Crippen MR) is 93.9 cm³/mol. The van der Waals surface area contributed by atoms with Crippen molar-refractivity contribution in [3.63, 3.8) is 0 Å². The van der Waals surface area contributed by atoms with Gasteiger partial charge in [-0.15, -0.1) is 0 Å². The van der Waals surface area contributed by atoms with E-state index in [-0.39, 0.29) is 11.9 Å². The Kier molecular flexibility index (Phi) is 7.03. The minimum Gasteiger partial charge on any atom is -0.468 e. The van der Waals surface area contributed by atoms with Gasteiger partial charge in [0.1, 0.15) is 5.76 Å². The molecule has 1 aromatic carbocycles. The van der Waals surface area contributed by atoms with E-state index in [4.69, 9.17) is 9.15 Å². The lowest BCUT2D eigenvalue weighted by molar-refractivity contribution is 0.0925. The SMILES string of the molecule is CCN(CC)[C@H](CNC(=O)c1ccccc1COC)c1ccco1. The van der Waals surface area contributed by atoms with E-state index >= 15 is 0 Å². The lowest BCUT2D eigenvalue weighted by Crippen LogP contribution is -2.38. The Morgan fingerprint density at radius 1 is 1.21 bits per heavy atom. The zero-order chi connectivity index (χ0) is 17.4. The van der Waals surface area contributed by atoms with Crippen LogP contribution in [0.2, 0.25) is 0 Å². The summed E-state index contributed by atoms with van der Waals surface area (Å²) in [5, 5.41) is 3.04. The highest BCUT2D eigenvalue weighted by atomic mass is 16.5. The molecule has 1 heterocycles. The Labute approximate surface area is 143 Å². The zero-order valence-electron chi connectivity index (χ0n) is 14.6. The third-order valence-electron chi connectivity index (χ3n) is 4.14. The Hall–Kier alpha value is -2.11. The number of benzene rings is 1. The maximum atomic E-state index is 12.6. The minimum absolute atomic E-state index is 0.0218. The van der Waals surface area contributed by atoms with Crippen molar-refractivity contribution in [2.24, 2.45) is 0 Å². The number of carbonyl (C=O) groups excluding carboxylic acids is 1. The molecule has 0 radical (unpaired) electrons. The van der Waals surface area contributed by atoms with Crippen molar-refractivity contribution < 1.29 is 13.9 Å². The number of rotatable bonds is 9. The quantitative estimate of drug-likeness (QED) is 0.767. The Morgan fingerprint density at radius 3 is 2.58 bits per heavy atom. The summed E-state index contributed by atoms with van der Waals surface area (Å²) in [7, 11) is 1.63. The molecule has 0 bridgehead atoms. The van der Waals surface area contributed by atoms with Crippen LogP contribution in [-0.2, 0) is 11.3 Å². The van der Waals surface area contributed by atoms with Crippen LogP contribution in [0.15, 0.2) is 47.1 Å². The number of nitrogens with zero attached hydrogens (tertiary/aromatic N) is 1. The van der Waals surface area contributed by atoms with E-state index < -0.39 is 0 Å². The number of carbonyl (C=O) groups is 1. The van der Waals surface area contributed by atoms with Gasteiger partial charge in [-0.1, -0.05) is 32.0 Å². The monoisotopic (exact) mass is 330 g/mol. The van der Waals surface area contributed by atoms with Crippen molar-refractivity contribution in [1.29, 1.82) is 0 Å². The Bertz CT molecular complexity index is 621. The molecule has 1 aromatic heterocycles. The number of hydrogen-bond donors (Lipinski definition) is 1. The molecule has 0 aliphatic rings. The van der Waals surface area contributed by atoms with Gasteiger partial charge in [-0.2, -0.15) is 0 Å². The molecular weight excluding hydrogens is 304 g/mol. The van der Waals surface area contributed by atoms with Gasteiger partial charge in [-0.05, 0) is 36.9 Å². The normalized spacial score (nSPS) is 12.3. The number of amides is 1. The fraction of sp³-hybridized carbons (Fsp3) is 0.421. The topological polar surface area (TPSA) is 54.7 Å². The molecule has 24 heavy (non-hydrogen) atoms. The van der Waals surface area contributed by atoms with Crippen molar-refractivity contribution in [3.05, 3.63) is 59.5 Å². The predicted octanol–water partition coefficient (Wildman–Crippen LogP) is 3.24. The van der Waals surface area contributed by atoms with Gasteiger partial charge in [0, 0.05) is 19.2 Å². The van der Waals surface area contributed by atoms with Gasteiger partial charge in [0.2, 0.25) is 0 Å². The fourth-order valence-electron chi connectivity index (χ4n) is 2.86. The number of hydrogen-bond acceptors (Lipinski definition) is 4. The van der Waals surface area contributed by atoms with Crippen molar-refractivity contribution in [2.45, 2.75) is 26.5 Å². The van der Waals surface area contributed by atoms with E-state index in [0.717, 1.165) is 24.4 Å². The molecule has 0 saturated carbocycles. The largest absolute Gasteiger partial charge is 0.468 e. The summed E-state index contributed by atoms with van der Waals surface area (Å²) in [6, 6.07) is 11.4. The molecule has 0 spiro atoms. The number of methoxy groups -OCH3 is 1. The first-order valence-electron chi connectivity index (χ1n) is 8.33. The molecule has 1 N–H and O–H groups in total. The molecule has 0 saturated heterocycles. The summed E-state index contributed by atoms with van der Waals surface area (Å²) >= 11 is 0. The molecule has 1 atom stereocenters. The summed E-state index contributed by atoms with van der Waals surface area (Å²) in [5.74, 6) is 0.774. The van der Waals surface area contributed by atoms with Crippen molar-refractivity contribution in [1.82, 2.24) is 10.2 Å². The molecule has 0 unspecified atom stereocenters. The second-order valence-electron chi connectivity index (χ2n) is 5.55. The molecule has 0 aliphatic carbocycles. The average Bonchev–Trinajstić information content (AvgIpc) is 3.13. The summed E-state index contributed by atoms with van der Waals surface area (Å²) in [4.78, 5) is 14.9. The van der Waals surface area contributed by atoms with Crippen LogP contribution in [0.25, 0.3) is 0 Å². The van der Waals surface area contributed by atoms with E-state index in [0.29, 0.717) is 18.7 Å². The van der Waals surface area contributed by atoms with E-state index in [9.17, 15) is 4.79 Å². The van der Waals surface area contributed by atoms with Crippen LogP contribution < -0.4 is 5.32 Å². The third kappa shape index (κ3) is 4.46. The van der Waals surface area contributed by atoms with Crippen LogP contribution in [0, 0.1) is 0 Å². The third-order valence-corrected chi connectivity index (χ3v) is 4.14. The van der Waals surface area contributed by atoms with Crippen molar-refractivity contribution in [3.8, 4) is 0 Å². The number of ether oxygens (including phenoxy) is 1. The molecule has 2 rings (SSSR count). The lowest BCUT2D eigenvalue weighted by atomic mass is 10.1. The highest BCUT2D eigenvalue weighted by Crippen LogP contribution is 2.20. The highest BCUT2D eigenvalue weighted by molar-refractivity contribution is 5.95. The first-order valence-corrected chi connectivity index (χ1v) is 8.33. The Morgan fingerprint density at radius 2 is 1.96 bits per heavy atom. The van der Waals surface area contributed by atoms with Crippen LogP contribution in [-0.4, -0.2) is 37.6 Å². The molecule has 0 fully saturated rings. The van der Waals surface area contributed by atoms with Crippen LogP contribution in [0.1, 0.15) is 41.6 Å². The molecule has 5 heteroatoms. The van der Waals surface area contributed by atoms with E-state index in [1.54, 1.807) is 13.4 Å². The van der Waals surface area contributed by atoms with Gasteiger partial charge >= 0.3 is 0 Å². The number of nitrogens with one attached hydrogen (secondary N) is 1. The van der Waals surface area contributed by atoms with Gasteiger partial charge in [0.25, 0.3) is 5.91 Å². The van der Waals surface area contributed by atoms with Crippen LogP contribution in [0.5, 0.6) is 0 Å². The van der Waals surface area contributed by atoms with E-state index in [2.05, 4.69) is 24.1 Å². The number of furan rings is 1. The summed E-state index contributed by atoms with van der Waals surface area (Å²) in [6.07, 6.45) is 1.67. The first kappa shape index (κ1) is 18.2. The van der Waals surface area contributed by atoms with Gasteiger partial charge < -0.3 is 14.5 Å². The molecule has 130 valence electrons. The minimum atomic E-state index is -0.0913. The molecule has 2 aromatic rings. The number of likely N-dealkylation sites (N-methyl/N-ethyl adjacent to an activating group) is 1. The van der Waals surface area contributed by atoms with Crippen LogP contribution in [0.4, 0.5) is 0 Å². The maximum Gasteiger partial charge on any atom is 0.251 e. The van der Waals surface area contributed by atoms with Crippen molar-refractivity contribution >= 4 is 5.91 Å². The molecule has 0 aliphatic heterocycles. The van der Waals surface area contributed by atoms with Gasteiger partial charge in [-0.3, -0.25) is 9.69 Å². The average molecular weight is 330 g/mol. The lowest BCUT2D eigenvalue weighted by Gasteiger charge is -2.28. The smallest absolute Gasteiger partial charge is 0.251 e. The van der Waals surface area contributed by atoms with E-state index in [1.165, 1.54) is 0 Å². The standard InChI is InChI=1S/C19H26N2O3/c1-4-21(5-2)17(18-11-8-12-24-18)13-20-19(22)16-10-7-6-9-15(16)14-23-3/h6-12,17H,4-5,13-14H2,1-3H3,(H,20,22)/t17-/m1/s1. The first-order chi connectivity index (χ1) is 11.7. The maximum absolute atomic E-state index is 12.6. The fourth-order valence-corrected chi connectivity index (χ4v) is 2.86. The van der Waals surface area contributed by atoms with Crippen LogP contribution >= 0.6 is 0 Å². The Balaban J connectivity index is 2.10. The van der Waals surface area contributed by atoms with Gasteiger partial charge in [0.15, 0.2) is 0 Å². The molecule has 5 nitrogen and oxygen atoms in total. The van der Waals surface area contributed by atoms with Crippen LogP contribution in [0.3, 0.4) is 0 Å². The highest BCUT2D eigenvalue weighted by Gasteiger charge is 2.22. The van der Waals surface area contributed by atoms with Crippen molar-refractivity contribution in [2.75, 3.05) is 26.7 Å². The van der Waals surface area contributed by atoms with Gasteiger partial charge in [0.05, 0.1) is 18.9 Å². The second kappa shape index (κ2) is 9.25. The zero-order valence-corrected chi connectivity index (χ0v) is 14.6. The van der Waals surface area contributed by atoms with E-state index in [1.807, 2.05) is 36.4 Å². The second-order valence-corrected chi connectivity index (χ2v) is 5.55. The summed E-state index contributed by atoms with van der Waals surface area (Å²) < 4.78 is 10.7. The summed E-state index contributed by atoms with van der Waals surface area (Å²) in [6.45, 7) is 6.90. The molecular formula is C19H26N2O3. The van der Waals surface area contributed by atoms with Gasteiger partial charge in [-0.25, -0.2) is 0 Å².